The van der Waals surface area contributed by atoms with E-state index in [9.17, 15) is 0 Å². The molecule has 0 unspecified atom stereocenters. The van der Waals surface area contributed by atoms with E-state index in [4.69, 9.17) is 0 Å². The van der Waals surface area contributed by atoms with Gasteiger partial charge in [0, 0.05) is 9.75 Å². The maximum atomic E-state index is 4.69. The zero-order chi connectivity index (χ0) is 20.6. The molecule has 0 aliphatic heterocycles. The first-order valence-corrected chi connectivity index (χ1v) is 10.3. The van der Waals surface area contributed by atoms with Gasteiger partial charge in [0.15, 0.2) is 0 Å². The van der Waals surface area contributed by atoms with Crippen LogP contribution in [0.5, 0.6) is 0 Å². The Kier molecular flexibility index (Phi) is 7.19. The number of isothiocyanates is 2. The van der Waals surface area contributed by atoms with E-state index in [-0.39, 0.29) is 0 Å². The van der Waals surface area contributed by atoms with E-state index in [2.05, 4.69) is 66.9 Å². The summed E-state index contributed by atoms with van der Waals surface area (Å²) in [4.78, 5) is 19.5. The Balaban J connectivity index is 1.77. The Morgan fingerprint density at radius 3 is 1.31 bits per heavy atom. The zero-order valence-corrected chi connectivity index (χ0v) is 18.2. The van der Waals surface area contributed by atoms with Crippen molar-refractivity contribution in [3.05, 3.63) is 70.4 Å². The summed E-state index contributed by atoms with van der Waals surface area (Å²) in [6.07, 6.45) is 0. The SMILES string of the molecule is CC(=Nc1ccc(N=C=S)cc1)c1ccc(C(C)=Nc2ccc(N=C=S)cc2)s1. The predicted molar refractivity (Wildman–Crippen MR) is 130 cm³/mol. The Morgan fingerprint density at radius 1 is 0.621 bits per heavy atom. The van der Waals surface area contributed by atoms with E-state index in [0.29, 0.717) is 0 Å². The van der Waals surface area contributed by atoms with Gasteiger partial charge in [-0.05, 0) is 98.9 Å². The second-order valence-electron chi connectivity index (χ2n) is 6.00. The van der Waals surface area contributed by atoms with Crippen LogP contribution < -0.4 is 0 Å². The number of thiophene rings is 1. The molecule has 2 aromatic carbocycles. The van der Waals surface area contributed by atoms with Crippen LogP contribution in [0.4, 0.5) is 22.7 Å². The van der Waals surface area contributed by atoms with Crippen LogP contribution in [0.15, 0.2) is 80.6 Å². The van der Waals surface area contributed by atoms with Crippen LogP contribution in [-0.2, 0) is 0 Å². The highest BCUT2D eigenvalue weighted by molar-refractivity contribution is 7.78. The van der Waals surface area contributed by atoms with Crippen molar-refractivity contribution in [1.29, 1.82) is 0 Å². The first-order valence-electron chi connectivity index (χ1n) is 8.66. The molecule has 4 nitrogen and oxygen atoms in total. The molecule has 29 heavy (non-hydrogen) atoms. The smallest absolute Gasteiger partial charge is 0.0741 e. The standard InChI is InChI=1S/C22H16N4S3/c1-15(25-19-7-3-17(4-8-19)23-13-27)21-11-12-22(29-21)16(2)26-20-9-5-18(6-10-20)24-14-28/h3-12H,1-2H3. The van der Waals surface area contributed by atoms with Crippen LogP contribution in [-0.4, -0.2) is 21.7 Å². The van der Waals surface area contributed by atoms with Gasteiger partial charge in [-0.25, -0.2) is 0 Å². The minimum Gasteiger partial charge on any atom is -0.252 e. The first-order chi connectivity index (χ1) is 14.1. The molecule has 7 heteroatoms. The number of benzene rings is 2. The lowest BCUT2D eigenvalue weighted by Crippen LogP contribution is -1.90. The molecule has 0 aliphatic rings. The second-order valence-corrected chi connectivity index (χ2v) is 7.45. The van der Waals surface area contributed by atoms with Crippen LogP contribution in [0, 0.1) is 0 Å². The molecule has 3 rings (SSSR count). The molecule has 1 heterocycles. The summed E-state index contributed by atoms with van der Waals surface area (Å²) in [5, 5.41) is 4.72. The maximum Gasteiger partial charge on any atom is 0.0741 e. The molecular formula is C22H16N4S3. The molecule has 0 atom stereocenters. The molecule has 0 aliphatic carbocycles. The summed E-state index contributed by atoms with van der Waals surface area (Å²) in [6.45, 7) is 4.00. The monoisotopic (exact) mass is 432 g/mol. The van der Waals surface area contributed by atoms with Gasteiger partial charge in [-0.15, -0.1) is 11.3 Å². The highest BCUT2D eigenvalue weighted by atomic mass is 32.1. The normalized spacial score (nSPS) is 11.5. The molecule has 0 spiro atoms. The number of hydrogen-bond acceptors (Lipinski definition) is 7. The average Bonchev–Trinajstić information content (AvgIpc) is 3.22. The van der Waals surface area contributed by atoms with Gasteiger partial charge in [0.2, 0.25) is 0 Å². The van der Waals surface area contributed by atoms with Crippen molar-refractivity contribution in [1.82, 2.24) is 0 Å². The van der Waals surface area contributed by atoms with Gasteiger partial charge in [-0.2, -0.15) is 9.98 Å². The minimum atomic E-state index is 0.768. The summed E-state index contributed by atoms with van der Waals surface area (Å²) >= 11 is 10.9. The molecule has 142 valence electrons. The van der Waals surface area contributed by atoms with E-state index in [1.165, 1.54) is 0 Å². The summed E-state index contributed by atoms with van der Waals surface area (Å²) in [5.74, 6) is 0. The molecule has 0 saturated heterocycles. The lowest BCUT2D eigenvalue weighted by molar-refractivity contribution is 1.47. The van der Waals surface area contributed by atoms with E-state index >= 15 is 0 Å². The Bertz CT molecular complexity index is 1070. The van der Waals surface area contributed by atoms with Gasteiger partial charge in [-0.3, -0.25) is 9.98 Å². The lowest BCUT2D eigenvalue weighted by Gasteiger charge is -2.00. The van der Waals surface area contributed by atoms with Crippen molar-refractivity contribution in [2.45, 2.75) is 13.8 Å². The summed E-state index contributed by atoms with van der Waals surface area (Å²) in [5.41, 5.74) is 5.16. The van der Waals surface area contributed by atoms with Crippen LogP contribution in [0.25, 0.3) is 0 Å². The van der Waals surface area contributed by atoms with Gasteiger partial charge < -0.3 is 0 Å². The number of aliphatic imine (C=N–C) groups is 4. The minimum absolute atomic E-state index is 0.768. The topological polar surface area (TPSA) is 49.4 Å². The van der Waals surface area contributed by atoms with Crippen molar-refractivity contribution in [2.24, 2.45) is 20.0 Å². The number of hydrogen-bond donors (Lipinski definition) is 0. The van der Waals surface area contributed by atoms with Crippen molar-refractivity contribution < 1.29 is 0 Å². The fourth-order valence-electron chi connectivity index (χ4n) is 2.53. The van der Waals surface area contributed by atoms with Gasteiger partial charge in [0.05, 0.1) is 44.5 Å². The highest BCUT2D eigenvalue weighted by Gasteiger charge is 2.06. The molecule has 0 amide bonds. The maximum absolute atomic E-state index is 4.69. The fourth-order valence-corrected chi connectivity index (χ4v) is 3.64. The predicted octanol–water partition coefficient (Wildman–Crippen LogP) is 7.50. The zero-order valence-electron chi connectivity index (χ0n) is 15.8. The average molecular weight is 433 g/mol. The van der Waals surface area contributed by atoms with Crippen molar-refractivity contribution in [3.8, 4) is 0 Å². The molecule has 0 N–H and O–H groups in total. The Labute approximate surface area is 184 Å². The quantitative estimate of drug-likeness (QED) is 0.299. The van der Waals surface area contributed by atoms with Crippen LogP contribution in [0.3, 0.4) is 0 Å². The Hall–Kier alpha value is -2.92. The van der Waals surface area contributed by atoms with Gasteiger partial charge >= 0.3 is 0 Å². The van der Waals surface area contributed by atoms with Gasteiger partial charge in [0.1, 0.15) is 0 Å². The van der Waals surface area contributed by atoms with E-state index in [1.807, 2.05) is 62.4 Å². The van der Waals surface area contributed by atoms with Crippen molar-refractivity contribution >= 4 is 80.3 Å². The number of thiocarbonyl (C=S) groups is 2. The largest absolute Gasteiger partial charge is 0.252 e. The van der Waals surface area contributed by atoms with Gasteiger partial charge in [0.25, 0.3) is 0 Å². The third-order valence-corrected chi connectivity index (χ3v) is 5.45. The molecule has 0 bridgehead atoms. The van der Waals surface area contributed by atoms with E-state index in [1.54, 1.807) is 11.3 Å². The number of nitrogens with zero attached hydrogens (tertiary/aromatic N) is 4. The summed E-state index contributed by atoms with van der Waals surface area (Å²) in [7, 11) is 0. The molecule has 0 fully saturated rings. The Morgan fingerprint density at radius 2 is 0.966 bits per heavy atom. The fraction of sp³-hybridized carbons (Fsp3) is 0.0909. The highest BCUT2D eigenvalue weighted by Crippen LogP contribution is 2.24. The molecule has 3 aromatic rings. The van der Waals surface area contributed by atoms with Crippen molar-refractivity contribution in [2.75, 3.05) is 0 Å². The van der Waals surface area contributed by atoms with Crippen molar-refractivity contribution in [3.63, 3.8) is 0 Å². The third kappa shape index (κ3) is 5.78. The summed E-state index contributed by atoms with van der Waals surface area (Å²) < 4.78 is 0. The van der Waals surface area contributed by atoms with Gasteiger partial charge in [-0.1, -0.05) is 0 Å². The molecular weight excluding hydrogens is 416 g/mol. The second kappa shape index (κ2) is 10.0. The van der Waals surface area contributed by atoms with Crippen LogP contribution >= 0.6 is 35.8 Å². The molecule has 0 radical (unpaired) electrons. The van der Waals surface area contributed by atoms with Crippen LogP contribution in [0.2, 0.25) is 0 Å². The first kappa shape index (κ1) is 20.8. The van der Waals surface area contributed by atoms with Crippen LogP contribution in [0.1, 0.15) is 23.6 Å². The molecule has 0 saturated carbocycles. The van der Waals surface area contributed by atoms with E-state index < -0.39 is 0 Å². The lowest BCUT2D eigenvalue weighted by atomic mass is 10.2. The van der Waals surface area contributed by atoms with E-state index in [0.717, 1.165) is 43.9 Å². The summed E-state index contributed by atoms with van der Waals surface area (Å²) in [6, 6.07) is 19.2. The molecule has 1 aromatic heterocycles. The number of rotatable bonds is 6. The third-order valence-electron chi connectivity index (χ3n) is 3.96.